The molecule has 0 atom stereocenters. The molecule has 0 aromatic heterocycles. The molecule has 0 fully saturated rings. The average Bonchev–Trinajstić information content (AvgIpc) is 1.81. The molecular weight excluding hydrogens is 174 g/mol. The highest BCUT2D eigenvalue weighted by Crippen LogP contribution is 2.16. The van der Waals surface area contributed by atoms with Crippen molar-refractivity contribution in [1.82, 2.24) is 0 Å². The highest BCUT2D eigenvalue weighted by molar-refractivity contribution is 6.30. The standard InChI is InChI=1S/C9H10ClNO/c1-6(12)2-7-3-8(10)5-9(11)4-7/h3-5H,2,11H2,1H3. The molecule has 0 heterocycles. The van der Waals surface area contributed by atoms with Gasteiger partial charge in [-0.25, -0.2) is 0 Å². The third-order valence-corrected chi connectivity index (χ3v) is 1.65. The second kappa shape index (κ2) is 3.59. The summed E-state index contributed by atoms with van der Waals surface area (Å²) < 4.78 is 0. The molecule has 0 aliphatic carbocycles. The first-order chi connectivity index (χ1) is 5.58. The Balaban J connectivity index is 2.93. The van der Waals surface area contributed by atoms with E-state index in [4.69, 9.17) is 17.3 Å². The van der Waals surface area contributed by atoms with Gasteiger partial charge in [0.1, 0.15) is 5.78 Å². The van der Waals surface area contributed by atoms with Crippen molar-refractivity contribution in [3.63, 3.8) is 0 Å². The smallest absolute Gasteiger partial charge is 0.134 e. The highest BCUT2D eigenvalue weighted by Gasteiger charge is 1.99. The van der Waals surface area contributed by atoms with Gasteiger partial charge in [-0.2, -0.15) is 0 Å². The van der Waals surface area contributed by atoms with Gasteiger partial charge in [-0.15, -0.1) is 0 Å². The molecule has 0 radical (unpaired) electrons. The number of hydrogen-bond acceptors (Lipinski definition) is 2. The minimum absolute atomic E-state index is 0.108. The number of nitrogens with two attached hydrogens (primary N) is 1. The van der Waals surface area contributed by atoms with Crippen molar-refractivity contribution in [3.8, 4) is 0 Å². The lowest BCUT2D eigenvalue weighted by Crippen LogP contribution is -1.97. The van der Waals surface area contributed by atoms with Crippen LogP contribution in [0.15, 0.2) is 18.2 Å². The number of carbonyl (C=O) groups excluding carboxylic acids is 1. The van der Waals surface area contributed by atoms with Crippen LogP contribution in [0.2, 0.25) is 5.02 Å². The lowest BCUT2D eigenvalue weighted by atomic mass is 10.1. The van der Waals surface area contributed by atoms with Crippen molar-refractivity contribution in [2.45, 2.75) is 13.3 Å². The summed E-state index contributed by atoms with van der Waals surface area (Å²) in [4.78, 5) is 10.8. The maximum absolute atomic E-state index is 10.8. The predicted octanol–water partition coefficient (Wildman–Crippen LogP) is 2.05. The topological polar surface area (TPSA) is 43.1 Å². The van der Waals surface area contributed by atoms with Gasteiger partial charge in [-0.1, -0.05) is 11.6 Å². The molecule has 12 heavy (non-hydrogen) atoms. The van der Waals surface area contributed by atoms with Crippen LogP contribution in [0.3, 0.4) is 0 Å². The zero-order chi connectivity index (χ0) is 9.14. The molecule has 1 rings (SSSR count). The van der Waals surface area contributed by atoms with Crippen LogP contribution in [-0.4, -0.2) is 5.78 Å². The summed E-state index contributed by atoms with van der Waals surface area (Å²) in [6, 6.07) is 5.16. The van der Waals surface area contributed by atoms with E-state index in [1.165, 1.54) is 6.92 Å². The Morgan fingerprint density at radius 1 is 1.50 bits per heavy atom. The van der Waals surface area contributed by atoms with Crippen LogP contribution in [0.5, 0.6) is 0 Å². The Hall–Kier alpha value is -1.02. The van der Waals surface area contributed by atoms with Gasteiger partial charge in [0, 0.05) is 17.1 Å². The van der Waals surface area contributed by atoms with Crippen LogP contribution in [0, 0.1) is 0 Å². The maximum atomic E-state index is 10.8. The lowest BCUT2D eigenvalue weighted by molar-refractivity contribution is -0.116. The minimum atomic E-state index is 0.108. The third kappa shape index (κ3) is 2.55. The lowest BCUT2D eigenvalue weighted by Gasteiger charge is -2.00. The summed E-state index contributed by atoms with van der Waals surface area (Å²) in [6.45, 7) is 1.54. The van der Waals surface area contributed by atoms with Crippen molar-refractivity contribution in [2.75, 3.05) is 5.73 Å². The second-order valence-corrected chi connectivity index (χ2v) is 3.21. The van der Waals surface area contributed by atoms with E-state index in [0.29, 0.717) is 17.1 Å². The van der Waals surface area contributed by atoms with Crippen LogP contribution in [0.25, 0.3) is 0 Å². The van der Waals surface area contributed by atoms with Gasteiger partial charge >= 0.3 is 0 Å². The number of Topliss-reactive ketones (excluding diaryl/α,β-unsaturated/α-hetero) is 1. The molecule has 0 bridgehead atoms. The van der Waals surface area contributed by atoms with E-state index in [2.05, 4.69) is 0 Å². The van der Waals surface area contributed by atoms with Gasteiger partial charge in [-0.05, 0) is 30.7 Å². The number of rotatable bonds is 2. The molecule has 3 heteroatoms. The number of benzene rings is 1. The van der Waals surface area contributed by atoms with Crippen LogP contribution < -0.4 is 5.73 Å². The normalized spacial score (nSPS) is 9.83. The largest absolute Gasteiger partial charge is 0.399 e. The molecule has 0 aliphatic heterocycles. The van der Waals surface area contributed by atoms with Gasteiger partial charge in [0.25, 0.3) is 0 Å². The van der Waals surface area contributed by atoms with Crippen LogP contribution in [0.4, 0.5) is 5.69 Å². The van der Waals surface area contributed by atoms with E-state index >= 15 is 0 Å². The molecule has 0 unspecified atom stereocenters. The van der Waals surface area contributed by atoms with Crippen LogP contribution in [0.1, 0.15) is 12.5 Å². The van der Waals surface area contributed by atoms with E-state index in [9.17, 15) is 4.79 Å². The summed E-state index contributed by atoms with van der Waals surface area (Å²) in [5.41, 5.74) is 7.00. The Morgan fingerprint density at radius 3 is 2.67 bits per heavy atom. The maximum Gasteiger partial charge on any atom is 0.134 e. The zero-order valence-electron chi connectivity index (χ0n) is 6.80. The molecule has 0 amide bonds. The first-order valence-corrected chi connectivity index (χ1v) is 4.00. The van der Waals surface area contributed by atoms with Crippen LogP contribution >= 0.6 is 11.6 Å². The molecule has 0 aliphatic rings. The van der Waals surface area contributed by atoms with Gasteiger partial charge in [-0.3, -0.25) is 4.79 Å². The van der Waals surface area contributed by atoms with E-state index < -0.39 is 0 Å². The number of hydrogen-bond donors (Lipinski definition) is 1. The van der Waals surface area contributed by atoms with Crippen LogP contribution in [-0.2, 0) is 11.2 Å². The number of carbonyl (C=O) groups is 1. The van der Waals surface area contributed by atoms with Crippen molar-refractivity contribution in [2.24, 2.45) is 0 Å². The molecule has 2 nitrogen and oxygen atoms in total. The Morgan fingerprint density at radius 2 is 2.17 bits per heavy atom. The fraction of sp³-hybridized carbons (Fsp3) is 0.222. The first kappa shape index (κ1) is 9.07. The molecule has 64 valence electrons. The summed E-state index contributed by atoms with van der Waals surface area (Å²) in [7, 11) is 0. The highest BCUT2D eigenvalue weighted by atomic mass is 35.5. The van der Waals surface area contributed by atoms with Gasteiger partial charge < -0.3 is 5.73 Å². The summed E-state index contributed by atoms with van der Waals surface area (Å²) in [5, 5.41) is 0.575. The molecule has 2 N–H and O–H groups in total. The van der Waals surface area contributed by atoms with Crippen molar-refractivity contribution in [1.29, 1.82) is 0 Å². The summed E-state index contributed by atoms with van der Waals surface area (Å²) >= 11 is 5.74. The molecule has 0 saturated carbocycles. The van der Waals surface area contributed by atoms with E-state index in [-0.39, 0.29) is 5.78 Å². The minimum Gasteiger partial charge on any atom is -0.399 e. The average molecular weight is 184 g/mol. The van der Waals surface area contributed by atoms with E-state index in [1.807, 2.05) is 0 Å². The molecule has 0 spiro atoms. The Bertz CT molecular complexity index is 289. The zero-order valence-corrected chi connectivity index (χ0v) is 7.56. The fourth-order valence-electron chi connectivity index (χ4n) is 1.06. The molecular formula is C9H10ClNO. The summed E-state index contributed by atoms with van der Waals surface area (Å²) in [5.74, 6) is 0.108. The third-order valence-electron chi connectivity index (χ3n) is 1.43. The Labute approximate surface area is 76.3 Å². The summed E-state index contributed by atoms with van der Waals surface area (Å²) in [6.07, 6.45) is 0.394. The van der Waals surface area contributed by atoms with Crippen molar-refractivity contribution >= 4 is 23.1 Å². The second-order valence-electron chi connectivity index (χ2n) is 2.77. The predicted molar refractivity (Wildman–Crippen MR) is 50.2 cm³/mol. The first-order valence-electron chi connectivity index (χ1n) is 3.62. The fourth-order valence-corrected chi connectivity index (χ4v) is 1.33. The SMILES string of the molecule is CC(=O)Cc1cc(N)cc(Cl)c1. The number of anilines is 1. The monoisotopic (exact) mass is 183 g/mol. The molecule has 1 aromatic carbocycles. The van der Waals surface area contributed by atoms with E-state index in [1.54, 1.807) is 18.2 Å². The van der Waals surface area contributed by atoms with Gasteiger partial charge in [0.05, 0.1) is 0 Å². The van der Waals surface area contributed by atoms with Gasteiger partial charge in [0.2, 0.25) is 0 Å². The number of nitrogen functional groups attached to an aromatic ring is 1. The quantitative estimate of drug-likeness (QED) is 0.714. The van der Waals surface area contributed by atoms with Crippen molar-refractivity contribution in [3.05, 3.63) is 28.8 Å². The Kier molecular flexibility index (Phi) is 2.71. The van der Waals surface area contributed by atoms with E-state index in [0.717, 1.165) is 5.56 Å². The number of ketones is 1. The van der Waals surface area contributed by atoms with Gasteiger partial charge in [0.15, 0.2) is 0 Å². The van der Waals surface area contributed by atoms with Crippen molar-refractivity contribution < 1.29 is 4.79 Å². The molecule has 0 saturated heterocycles. The number of halogens is 1. The molecule has 1 aromatic rings.